The highest BCUT2D eigenvalue weighted by molar-refractivity contribution is 5.89. The van der Waals surface area contributed by atoms with Crippen molar-refractivity contribution in [1.82, 2.24) is 0 Å². The third-order valence-electron chi connectivity index (χ3n) is 7.89. The third-order valence-corrected chi connectivity index (χ3v) is 7.89. The fourth-order valence-corrected chi connectivity index (χ4v) is 5.70. The van der Waals surface area contributed by atoms with Crippen LogP contribution >= 0.6 is 0 Å². The summed E-state index contributed by atoms with van der Waals surface area (Å²) in [7, 11) is 0. The third kappa shape index (κ3) is 5.62. The number of benzene rings is 7. The van der Waals surface area contributed by atoms with Gasteiger partial charge in [0.05, 0.1) is 5.69 Å². The molecule has 1 heteroatoms. The minimum absolute atomic E-state index is 1.11. The summed E-state index contributed by atoms with van der Waals surface area (Å²) < 4.78 is 0. The molecule has 0 bridgehead atoms. The van der Waals surface area contributed by atoms with E-state index in [9.17, 15) is 0 Å². The zero-order valence-corrected chi connectivity index (χ0v) is 23.8. The molecule has 0 atom stereocenters. The molecule has 0 aliphatic carbocycles. The monoisotopic (exact) mass is 549 g/mol. The Morgan fingerprint density at radius 3 is 1.16 bits per heavy atom. The zero-order valence-electron chi connectivity index (χ0n) is 23.8. The molecule has 0 aliphatic rings. The van der Waals surface area contributed by atoms with E-state index in [2.05, 4.69) is 193 Å². The molecule has 0 aromatic heterocycles. The van der Waals surface area contributed by atoms with Crippen LogP contribution in [0.15, 0.2) is 188 Å². The van der Waals surface area contributed by atoms with E-state index in [-0.39, 0.29) is 0 Å². The molecule has 0 N–H and O–H groups in total. The van der Waals surface area contributed by atoms with Gasteiger partial charge in [0.25, 0.3) is 0 Å². The summed E-state index contributed by atoms with van der Waals surface area (Å²) in [4.78, 5) is 2.36. The molecular weight excluding hydrogens is 518 g/mol. The standard InChI is InChI=1S/C42H31N/c1-4-13-32(14-5-1)34-23-27-39(28-24-34)43(42-22-11-10-21-41(42)36-17-8-3-9-18-36)40-29-25-35(26-30-40)38-20-12-19-37(31-38)33-15-6-2-7-16-33/h1-31H. The molecule has 0 aliphatic heterocycles. The Bertz CT molecular complexity index is 1930. The minimum atomic E-state index is 1.11. The van der Waals surface area contributed by atoms with Gasteiger partial charge in [-0.2, -0.15) is 0 Å². The number of hydrogen-bond donors (Lipinski definition) is 0. The quantitative estimate of drug-likeness (QED) is 0.191. The van der Waals surface area contributed by atoms with Crippen molar-refractivity contribution >= 4 is 17.1 Å². The van der Waals surface area contributed by atoms with Gasteiger partial charge in [0, 0.05) is 16.9 Å². The normalized spacial score (nSPS) is 10.8. The molecule has 0 radical (unpaired) electrons. The number of para-hydroxylation sites is 1. The minimum Gasteiger partial charge on any atom is -0.310 e. The Balaban J connectivity index is 1.30. The van der Waals surface area contributed by atoms with E-state index in [1.165, 1.54) is 44.5 Å². The molecule has 204 valence electrons. The van der Waals surface area contributed by atoms with E-state index in [0.717, 1.165) is 17.1 Å². The van der Waals surface area contributed by atoms with Crippen molar-refractivity contribution in [2.24, 2.45) is 0 Å². The van der Waals surface area contributed by atoms with Crippen LogP contribution in [-0.4, -0.2) is 0 Å². The summed E-state index contributed by atoms with van der Waals surface area (Å²) in [6.07, 6.45) is 0. The lowest BCUT2D eigenvalue weighted by molar-refractivity contribution is 1.28. The van der Waals surface area contributed by atoms with E-state index in [4.69, 9.17) is 0 Å². The van der Waals surface area contributed by atoms with Gasteiger partial charge in [0.15, 0.2) is 0 Å². The molecule has 7 aromatic carbocycles. The maximum atomic E-state index is 2.36. The first-order valence-corrected chi connectivity index (χ1v) is 14.7. The summed E-state index contributed by atoms with van der Waals surface area (Å²) in [6.45, 7) is 0. The molecule has 1 nitrogen and oxygen atoms in total. The van der Waals surface area contributed by atoms with Crippen molar-refractivity contribution in [2.75, 3.05) is 4.90 Å². The Kier molecular flexibility index (Phi) is 7.36. The molecule has 0 saturated carbocycles. The molecule has 0 spiro atoms. The van der Waals surface area contributed by atoms with Crippen LogP contribution in [0.4, 0.5) is 17.1 Å². The van der Waals surface area contributed by atoms with Crippen molar-refractivity contribution in [2.45, 2.75) is 0 Å². The van der Waals surface area contributed by atoms with Crippen LogP contribution < -0.4 is 4.90 Å². The number of nitrogens with zero attached hydrogens (tertiary/aromatic N) is 1. The summed E-state index contributed by atoms with van der Waals surface area (Å²) >= 11 is 0. The zero-order chi connectivity index (χ0) is 28.8. The van der Waals surface area contributed by atoms with Crippen molar-refractivity contribution in [1.29, 1.82) is 0 Å². The highest BCUT2D eigenvalue weighted by Gasteiger charge is 2.17. The number of anilines is 3. The Labute approximate surface area is 254 Å². The van der Waals surface area contributed by atoms with E-state index in [1.54, 1.807) is 0 Å². The van der Waals surface area contributed by atoms with Crippen LogP contribution in [0, 0.1) is 0 Å². The van der Waals surface area contributed by atoms with Crippen molar-refractivity contribution in [3.05, 3.63) is 188 Å². The average molecular weight is 550 g/mol. The SMILES string of the molecule is c1ccc(-c2ccc(N(c3ccc(-c4cccc(-c5ccccc5)c4)cc3)c3ccccc3-c3ccccc3)cc2)cc1. The highest BCUT2D eigenvalue weighted by Crippen LogP contribution is 2.41. The maximum absolute atomic E-state index is 2.36. The summed E-state index contributed by atoms with van der Waals surface area (Å²) in [6, 6.07) is 67.0. The molecule has 43 heavy (non-hydrogen) atoms. The first-order valence-electron chi connectivity index (χ1n) is 14.7. The van der Waals surface area contributed by atoms with Crippen LogP contribution in [0.2, 0.25) is 0 Å². The van der Waals surface area contributed by atoms with Gasteiger partial charge in [-0.3, -0.25) is 0 Å². The van der Waals surface area contributed by atoms with Gasteiger partial charge in [-0.1, -0.05) is 152 Å². The fourth-order valence-electron chi connectivity index (χ4n) is 5.70. The summed E-state index contributed by atoms with van der Waals surface area (Å²) in [5.41, 5.74) is 13.0. The van der Waals surface area contributed by atoms with Gasteiger partial charge >= 0.3 is 0 Å². The Hall–Kier alpha value is -5.66. The lowest BCUT2D eigenvalue weighted by Gasteiger charge is -2.28. The molecular formula is C42H31N. The van der Waals surface area contributed by atoms with Gasteiger partial charge in [0.2, 0.25) is 0 Å². The van der Waals surface area contributed by atoms with E-state index in [0.29, 0.717) is 0 Å². The van der Waals surface area contributed by atoms with Crippen LogP contribution in [0.5, 0.6) is 0 Å². The average Bonchev–Trinajstić information content (AvgIpc) is 3.10. The largest absolute Gasteiger partial charge is 0.310 e. The second kappa shape index (κ2) is 12.1. The van der Waals surface area contributed by atoms with Gasteiger partial charge in [-0.05, 0) is 75.3 Å². The van der Waals surface area contributed by atoms with Crippen molar-refractivity contribution in [3.8, 4) is 44.5 Å². The topological polar surface area (TPSA) is 3.24 Å². The number of hydrogen-bond acceptors (Lipinski definition) is 1. The van der Waals surface area contributed by atoms with E-state index in [1.807, 2.05) is 0 Å². The predicted octanol–water partition coefficient (Wildman–Crippen LogP) is 11.8. The van der Waals surface area contributed by atoms with Crippen LogP contribution in [0.25, 0.3) is 44.5 Å². The van der Waals surface area contributed by atoms with Gasteiger partial charge < -0.3 is 4.90 Å². The van der Waals surface area contributed by atoms with Crippen molar-refractivity contribution in [3.63, 3.8) is 0 Å². The van der Waals surface area contributed by atoms with E-state index >= 15 is 0 Å². The Morgan fingerprint density at radius 2 is 0.628 bits per heavy atom. The molecule has 0 amide bonds. The second-order valence-corrected chi connectivity index (χ2v) is 10.6. The second-order valence-electron chi connectivity index (χ2n) is 10.6. The molecule has 0 fully saturated rings. The lowest BCUT2D eigenvalue weighted by atomic mass is 9.98. The Morgan fingerprint density at radius 1 is 0.256 bits per heavy atom. The molecule has 7 rings (SSSR count). The smallest absolute Gasteiger partial charge is 0.0540 e. The van der Waals surface area contributed by atoms with E-state index < -0.39 is 0 Å². The maximum Gasteiger partial charge on any atom is 0.0540 e. The molecule has 0 unspecified atom stereocenters. The molecule has 0 heterocycles. The first kappa shape index (κ1) is 26.3. The molecule has 7 aromatic rings. The first-order chi connectivity index (χ1) is 21.3. The van der Waals surface area contributed by atoms with Gasteiger partial charge in [0.1, 0.15) is 0 Å². The van der Waals surface area contributed by atoms with Crippen LogP contribution in [0.3, 0.4) is 0 Å². The summed E-state index contributed by atoms with van der Waals surface area (Å²) in [5.74, 6) is 0. The fraction of sp³-hybridized carbons (Fsp3) is 0. The van der Waals surface area contributed by atoms with Gasteiger partial charge in [-0.25, -0.2) is 0 Å². The highest BCUT2D eigenvalue weighted by atomic mass is 15.1. The number of rotatable bonds is 7. The lowest BCUT2D eigenvalue weighted by Crippen LogP contribution is -2.11. The van der Waals surface area contributed by atoms with Crippen LogP contribution in [-0.2, 0) is 0 Å². The summed E-state index contributed by atoms with van der Waals surface area (Å²) in [5, 5.41) is 0. The van der Waals surface area contributed by atoms with Crippen molar-refractivity contribution < 1.29 is 0 Å². The molecule has 0 saturated heterocycles. The van der Waals surface area contributed by atoms with Crippen LogP contribution in [0.1, 0.15) is 0 Å². The van der Waals surface area contributed by atoms with Gasteiger partial charge in [-0.15, -0.1) is 0 Å². The predicted molar refractivity (Wildman–Crippen MR) is 183 cm³/mol.